The van der Waals surface area contributed by atoms with Crippen LogP contribution in [-0.4, -0.2) is 19.0 Å². The summed E-state index contributed by atoms with van der Waals surface area (Å²) in [5.41, 5.74) is 7.13. The van der Waals surface area contributed by atoms with E-state index in [1.807, 2.05) is 12.2 Å². The summed E-state index contributed by atoms with van der Waals surface area (Å²) in [6, 6.07) is 6.14. The Morgan fingerprint density at radius 2 is 1.94 bits per heavy atom. The van der Waals surface area contributed by atoms with Gasteiger partial charge in [0.1, 0.15) is 0 Å². The molecule has 1 rings (SSSR count). The minimum atomic E-state index is -2.55. The molecule has 4 N–H and O–H groups in total. The molecular weight excluding hydrogens is 228 g/mol. The predicted molar refractivity (Wildman–Crippen MR) is 62.1 cm³/mol. The molecule has 0 aliphatic rings. The number of hydrogen-bond donors (Lipinski definition) is 3. The Balaban J connectivity index is 2.48. The number of benzene rings is 1. The van der Waals surface area contributed by atoms with Gasteiger partial charge in [-0.15, -0.1) is 0 Å². The largest absolute Gasteiger partial charge is 0.332 e. The highest BCUT2D eigenvalue weighted by atomic mass is 19.3. The van der Waals surface area contributed by atoms with Crippen LogP contribution in [0, 0.1) is 0 Å². The molecule has 4 nitrogen and oxygen atoms in total. The van der Waals surface area contributed by atoms with E-state index < -0.39 is 19.0 Å². The fraction of sp³-hybridized carbons (Fsp3) is 0.364. The fourth-order valence-corrected chi connectivity index (χ4v) is 1.22. The number of amides is 2. The topological polar surface area (TPSA) is 67.1 Å². The van der Waals surface area contributed by atoms with Gasteiger partial charge in [0, 0.05) is 11.7 Å². The Hall–Kier alpha value is -1.69. The summed E-state index contributed by atoms with van der Waals surface area (Å²) in [5, 5.41) is 4.48. The van der Waals surface area contributed by atoms with Crippen molar-refractivity contribution >= 4 is 11.7 Å². The van der Waals surface area contributed by atoms with Crippen molar-refractivity contribution < 1.29 is 13.6 Å². The third kappa shape index (κ3) is 4.78. The highest BCUT2D eigenvalue weighted by Crippen LogP contribution is 2.13. The normalized spacial score (nSPS) is 12.3. The minimum absolute atomic E-state index is 0.0864. The monoisotopic (exact) mass is 243 g/mol. The van der Waals surface area contributed by atoms with Crippen LogP contribution >= 0.6 is 0 Å². The number of carbonyl (C=O) groups excluding carboxylic acids is 1. The van der Waals surface area contributed by atoms with Crippen LogP contribution in [-0.2, 0) is 0 Å². The second-order valence-electron chi connectivity index (χ2n) is 3.64. The zero-order valence-electron chi connectivity index (χ0n) is 9.41. The van der Waals surface area contributed by atoms with Crippen LogP contribution < -0.4 is 16.4 Å². The minimum Gasteiger partial charge on any atom is -0.332 e. The molecule has 0 aromatic heterocycles. The summed E-state index contributed by atoms with van der Waals surface area (Å²) in [6.45, 7) is 1.18. The van der Waals surface area contributed by atoms with Gasteiger partial charge in [0.05, 0.1) is 6.54 Å². The average molecular weight is 243 g/mol. The molecule has 0 saturated heterocycles. The van der Waals surface area contributed by atoms with Crippen LogP contribution in [0.1, 0.15) is 18.5 Å². The molecule has 0 spiro atoms. The van der Waals surface area contributed by atoms with Gasteiger partial charge in [0.15, 0.2) is 0 Å². The number of anilines is 1. The van der Waals surface area contributed by atoms with Crippen molar-refractivity contribution in [1.29, 1.82) is 0 Å². The lowest BCUT2D eigenvalue weighted by Gasteiger charge is -2.09. The van der Waals surface area contributed by atoms with E-state index in [1.165, 1.54) is 0 Å². The number of halogens is 2. The molecule has 0 heterocycles. The van der Waals surface area contributed by atoms with Gasteiger partial charge in [-0.05, 0) is 24.6 Å². The summed E-state index contributed by atoms with van der Waals surface area (Å²) >= 11 is 0. The van der Waals surface area contributed by atoms with E-state index in [-0.39, 0.29) is 6.04 Å². The Morgan fingerprint density at radius 3 is 2.41 bits per heavy atom. The van der Waals surface area contributed by atoms with Gasteiger partial charge in [-0.25, -0.2) is 13.6 Å². The highest BCUT2D eigenvalue weighted by molar-refractivity contribution is 5.89. The van der Waals surface area contributed by atoms with Crippen LogP contribution in [0.15, 0.2) is 24.3 Å². The van der Waals surface area contributed by atoms with Crippen molar-refractivity contribution in [1.82, 2.24) is 5.32 Å². The number of nitrogens with two attached hydrogens (primary N) is 1. The second-order valence-corrected chi connectivity index (χ2v) is 3.64. The summed E-state index contributed by atoms with van der Waals surface area (Å²) in [6.07, 6.45) is -2.55. The molecule has 0 aliphatic heterocycles. The van der Waals surface area contributed by atoms with Gasteiger partial charge in [-0.1, -0.05) is 12.1 Å². The van der Waals surface area contributed by atoms with E-state index in [0.29, 0.717) is 5.69 Å². The number of rotatable bonds is 4. The predicted octanol–water partition coefficient (Wildman–Crippen LogP) is 2.09. The molecule has 6 heteroatoms. The first-order valence-electron chi connectivity index (χ1n) is 5.17. The number of carbonyl (C=O) groups is 1. The van der Waals surface area contributed by atoms with Crippen LogP contribution in [0.3, 0.4) is 0 Å². The summed E-state index contributed by atoms with van der Waals surface area (Å²) in [5.74, 6) is 0. The van der Waals surface area contributed by atoms with E-state index in [1.54, 1.807) is 24.3 Å². The summed E-state index contributed by atoms with van der Waals surface area (Å²) in [7, 11) is 0. The highest BCUT2D eigenvalue weighted by Gasteiger charge is 2.06. The lowest BCUT2D eigenvalue weighted by atomic mass is 10.1. The Labute approximate surface area is 98.2 Å². The zero-order chi connectivity index (χ0) is 12.8. The molecule has 0 radical (unpaired) electrons. The molecule has 0 fully saturated rings. The summed E-state index contributed by atoms with van der Waals surface area (Å²) in [4.78, 5) is 11.2. The molecule has 94 valence electrons. The molecule has 0 saturated carbocycles. The van der Waals surface area contributed by atoms with E-state index in [9.17, 15) is 13.6 Å². The van der Waals surface area contributed by atoms with E-state index in [4.69, 9.17) is 5.73 Å². The number of nitrogens with one attached hydrogen (secondary N) is 2. The molecule has 2 amide bonds. The molecule has 1 atom stereocenters. The molecule has 0 bridgehead atoms. The van der Waals surface area contributed by atoms with Crippen molar-refractivity contribution in [3.63, 3.8) is 0 Å². The number of alkyl halides is 2. The van der Waals surface area contributed by atoms with Gasteiger partial charge in [0.2, 0.25) is 0 Å². The van der Waals surface area contributed by atoms with Crippen LogP contribution in [0.2, 0.25) is 0 Å². The third-order valence-electron chi connectivity index (χ3n) is 2.11. The van der Waals surface area contributed by atoms with Crippen LogP contribution in [0.5, 0.6) is 0 Å². The third-order valence-corrected chi connectivity index (χ3v) is 2.11. The molecule has 1 aromatic carbocycles. The van der Waals surface area contributed by atoms with Crippen LogP contribution in [0.4, 0.5) is 19.3 Å². The average Bonchev–Trinajstić information content (AvgIpc) is 2.27. The van der Waals surface area contributed by atoms with E-state index >= 15 is 0 Å². The first kappa shape index (κ1) is 13.4. The maximum Gasteiger partial charge on any atom is 0.319 e. The molecule has 1 unspecified atom stereocenters. The van der Waals surface area contributed by atoms with Crippen molar-refractivity contribution in [2.45, 2.75) is 19.4 Å². The van der Waals surface area contributed by atoms with Crippen molar-refractivity contribution in [3.05, 3.63) is 29.8 Å². The van der Waals surface area contributed by atoms with Gasteiger partial charge >= 0.3 is 6.03 Å². The second kappa shape index (κ2) is 6.15. The fourth-order valence-electron chi connectivity index (χ4n) is 1.22. The zero-order valence-corrected chi connectivity index (χ0v) is 9.41. The molecular formula is C11H15F2N3O. The van der Waals surface area contributed by atoms with Gasteiger partial charge in [-0.3, -0.25) is 0 Å². The summed E-state index contributed by atoms with van der Waals surface area (Å²) < 4.78 is 23.6. The van der Waals surface area contributed by atoms with Crippen LogP contribution in [0.25, 0.3) is 0 Å². The number of hydrogen-bond acceptors (Lipinski definition) is 2. The smallest absolute Gasteiger partial charge is 0.319 e. The first-order chi connectivity index (χ1) is 7.99. The standard InChI is InChI=1S/C11H15F2N3O/c1-7(14)8-2-4-9(5-3-8)16-11(17)15-6-10(12)13/h2-5,7,10H,6,14H2,1H3,(H2,15,16,17). The first-order valence-corrected chi connectivity index (χ1v) is 5.17. The van der Waals surface area contributed by atoms with Gasteiger partial charge in [0.25, 0.3) is 6.43 Å². The maximum atomic E-state index is 11.8. The van der Waals surface area contributed by atoms with E-state index in [2.05, 4.69) is 5.32 Å². The molecule has 17 heavy (non-hydrogen) atoms. The lowest BCUT2D eigenvalue weighted by molar-refractivity contribution is 0.148. The van der Waals surface area contributed by atoms with Crippen molar-refractivity contribution in [3.8, 4) is 0 Å². The van der Waals surface area contributed by atoms with Gasteiger partial charge in [-0.2, -0.15) is 0 Å². The molecule has 1 aromatic rings. The lowest BCUT2D eigenvalue weighted by Crippen LogP contribution is -2.32. The van der Waals surface area contributed by atoms with Crippen molar-refractivity contribution in [2.75, 3.05) is 11.9 Å². The Bertz CT molecular complexity index is 365. The number of urea groups is 1. The van der Waals surface area contributed by atoms with E-state index in [0.717, 1.165) is 5.56 Å². The van der Waals surface area contributed by atoms with Gasteiger partial charge < -0.3 is 16.4 Å². The molecule has 0 aliphatic carbocycles. The SMILES string of the molecule is CC(N)c1ccc(NC(=O)NCC(F)F)cc1. The Morgan fingerprint density at radius 1 is 1.35 bits per heavy atom. The quantitative estimate of drug-likeness (QED) is 0.758. The van der Waals surface area contributed by atoms with Crippen molar-refractivity contribution in [2.24, 2.45) is 5.73 Å². The Kier molecular flexibility index (Phi) is 4.84. The maximum absolute atomic E-state index is 11.8.